The Balaban J connectivity index is 1.25. The van der Waals surface area contributed by atoms with Gasteiger partial charge < -0.3 is 4.74 Å². The molecule has 0 aliphatic carbocycles. The zero-order chi connectivity index (χ0) is 28.0. The van der Waals surface area contributed by atoms with Crippen molar-refractivity contribution in [1.29, 1.82) is 0 Å². The van der Waals surface area contributed by atoms with Gasteiger partial charge in [0.2, 0.25) is 0 Å². The molecule has 1 aliphatic rings. The van der Waals surface area contributed by atoms with E-state index < -0.39 is 0 Å². The second-order valence-electron chi connectivity index (χ2n) is 10.2. The molecule has 0 radical (unpaired) electrons. The van der Waals surface area contributed by atoms with E-state index in [1.807, 2.05) is 72.8 Å². The smallest absolute Gasteiger partial charge is 0.160 e. The standard InChI is InChI=1S/C38H24N2O/c1-3-9-25(10-4-1)26-17-19-27(20-18-26)33-24-34(40-38(39-33)29-11-5-2-6-12-29)30-21-22-35-32(23-30)31-15-7-13-28-14-8-16-36(41-35)37(28)31/h1-24H/i1D. The van der Waals surface area contributed by atoms with Gasteiger partial charge in [-0.05, 0) is 52.4 Å². The summed E-state index contributed by atoms with van der Waals surface area (Å²) in [7, 11) is 0. The van der Waals surface area contributed by atoms with Gasteiger partial charge in [-0.2, -0.15) is 0 Å². The summed E-state index contributed by atoms with van der Waals surface area (Å²) in [5, 5.41) is 2.30. The Bertz CT molecular complexity index is 2100. The van der Waals surface area contributed by atoms with Gasteiger partial charge in [0.05, 0.1) is 12.8 Å². The largest absolute Gasteiger partial charge is 0.456 e. The summed E-state index contributed by atoms with van der Waals surface area (Å²) in [5.41, 5.74) is 9.08. The van der Waals surface area contributed by atoms with Crippen molar-refractivity contribution in [2.75, 3.05) is 0 Å². The first kappa shape index (κ1) is 22.3. The molecule has 6 aromatic carbocycles. The number of rotatable bonds is 4. The zero-order valence-corrected chi connectivity index (χ0v) is 22.1. The highest BCUT2D eigenvalue weighted by Crippen LogP contribution is 2.47. The minimum atomic E-state index is 0.506. The van der Waals surface area contributed by atoms with Gasteiger partial charge in [0.15, 0.2) is 5.82 Å². The number of aromatic nitrogens is 2. The molecule has 1 aromatic heterocycles. The van der Waals surface area contributed by atoms with Gasteiger partial charge in [0.1, 0.15) is 11.5 Å². The molecule has 3 heteroatoms. The van der Waals surface area contributed by atoms with E-state index in [9.17, 15) is 0 Å². The van der Waals surface area contributed by atoms with Crippen molar-refractivity contribution >= 4 is 10.8 Å². The lowest BCUT2D eigenvalue weighted by Gasteiger charge is -2.22. The van der Waals surface area contributed by atoms with E-state index in [4.69, 9.17) is 16.1 Å². The van der Waals surface area contributed by atoms with Gasteiger partial charge in [-0.15, -0.1) is 0 Å². The monoisotopic (exact) mass is 525 g/mol. The van der Waals surface area contributed by atoms with Gasteiger partial charge in [-0.25, -0.2) is 9.97 Å². The van der Waals surface area contributed by atoms with Crippen molar-refractivity contribution in [3.63, 3.8) is 0 Å². The van der Waals surface area contributed by atoms with Crippen LogP contribution in [0.1, 0.15) is 1.37 Å². The van der Waals surface area contributed by atoms with Gasteiger partial charge in [-0.3, -0.25) is 0 Å². The van der Waals surface area contributed by atoms with Gasteiger partial charge in [0.25, 0.3) is 0 Å². The normalized spacial score (nSPS) is 12.0. The Kier molecular flexibility index (Phi) is 5.21. The van der Waals surface area contributed by atoms with Gasteiger partial charge in [0, 0.05) is 27.6 Å². The van der Waals surface area contributed by atoms with Crippen LogP contribution < -0.4 is 4.74 Å². The van der Waals surface area contributed by atoms with E-state index in [0.717, 1.165) is 72.6 Å². The Morgan fingerprint density at radius 3 is 1.93 bits per heavy atom. The van der Waals surface area contributed by atoms with E-state index in [-0.39, 0.29) is 0 Å². The molecule has 2 heterocycles. The summed E-state index contributed by atoms with van der Waals surface area (Å²) in [4.78, 5) is 10.0. The van der Waals surface area contributed by atoms with Crippen molar-refractivity contribution < 1.29 is 6.11 Å². The number of ether oxygens (including phenoxy) is 1. The second kappa shape index (κ2) is 9.58. The third kappa shape index (κ3) is 4.16. The lowest BCUT2D eigenvalue weighted by Crippen LogP contribution is -1.99. The van der Waals surface area contributed by atoms with E-state index >= 15 is 0 Å². The van der Waals surface area contributed by atoms with Gasteiger partial charge in [-0.1, -0.05) is 115 Å². The average molecular weight is 526 g/mol. The molecule has 1 aliphatic heterocycles. The van der Waals surface area contributed by atoms with E-state index in [1.165, 1.54) is 0 Å². The molecule has 0 bridgehead atoms. The van der Waals surface area contributed by atoms with E-state index in [2.05, 4.69) is 66.7 Å². The quantitative estimate of drug-likeness (QED) is 0.229. The number of fused-ring (bicyclic) bond motifs is 2. The molecule has 3 nitrogen and oxygen atoms in total. The minimum absolute atomic E-state index is 0.506. The van der Waals surface area contributed by atoms with Crippen molar-refractivity contribution in [2.45, 2.75) is 0 Å². The van der Waals surface area contributed by atoms with E-state index in [1.54, 1.807) is 0 Å². The third-order valence-electron chi connectivity index (χ3n) is 7.64. The molecule has 0 saturated carbocycles. The molecule has 41 heavy (non-hydrogen) atoms. The topological polar surface area (TPSA) is 35.0 Å². The van der Waals surface area contributed by atoms with Crippen LogP contribution in [0.2, 0.25) is 0 Å². The molecule has 8 rings (SSSR count). The highest BCUT2D eigenvalue weighted by atomic mass is 16.5. The Labute approximate surface area is 239 Å². The number of benzene rings is 6. The van der Waals surface area contributed by atoms with Crippen molar-refractivity contribution in [2.24, 2.45) is 0 Å². The molecule has 0 atom stereocenters. The number of hydrogen-bond donors (Lipinski definition) is 0. The molecule has 0 amide bonds. The molecule has 0 fully saturated rings. The van der Waals surface area contributed by atoms with Crippen LogP contribution in [0.4, 0.5) is 0 Å². The van der Waals surface area contributed by atoms with Crippen LogP contribution in [0.15, 0.2) is 146 Å². The summed E-state index contributed by atoms with van der Waals surface area (Å²) in [6.07, 6.45) is 0. The predicted octanol–water partition coefficient (Wildman–Crippen LogP) is 10.1. The molecule has 7 aromatic rings. The van der Waals surface area contributed by atoms with E-state index in [0.29, 0.717) is 11.9 Å². The molecule has 0 saturated heterocycles. The van der Waals surface area contributed by atoms with Crippen LogP contribution in [0.5, 0.6) is 11.5 Å². The van der Waals surface area contributed by atoms with Crippen LogP contribution in [0.3, 0.4) is 0 Å². The molecule has 0 unspecified atom stereocenters. The van der Waals surface area contributed by atoms with Crippen LogP contribution in [0, 0.1) is 0 Å². The van der Waals surface area contributed by atoms with Gasteiger partial charge >= 0.3 is 0 Å². The first-order chi connectivity index (χ1) is 20.7. The second-order valence-corrected chi connectivity index (χ2v) is 10.2. The number of nitrogens with zero attached hydrogens (tertiary/aromatic N) is 2. The maximum absolute atomic E-state index is 7.77. The maximum atomic E-state index is 7.77. The first-order valence-corrected chi connectivity index (χ1v) is 13.7. The van der Waals surface area contributed by atoms with Crippen molar-refractivity contribution in [3.05, 3.63) is 146 Å². The number of hydrogen-bond acceptors (Lipinski definition) is 3. The summed E-state index contributed by atoms with van der Waals surface area (Å²) in [6.45, 7) is 0. The van der Waals surface area contributed by atoms with Crippen molar-refractivity contribution in [3.8, 4) is 67.7 Å². The lowest BCUT2D eigenvalue weighted by atomic mass is 9.93. The summed E-state index contributed by atoms with van der Waals surface area (Å²) < 4.78 is 14.1. The highest BCUT2D eigenvalue weighted by molar-refractivity contribution is 6.04. The fraction of sp³-hybridized carbons (Fsp3) is 0. The SMILES string of the molecule is [2H]c1ccc(-c2ccc(-c3cc(-c4ccc5c(c4)-c4cccc6cccc(c46)O5)nc(-c4ccccc4)n3)cc2)cc1. The Morgan fingerprint density at radius 1 is 0.463 bits per heavy atom. The summed E-state index contributed by atoms with van der Waals surface area (Å²) in [5.74, 6) is 2.41. The minimum Gasteiger partial charge on any atom is -0.456 e. The van der Waals surface area contributed by atoms with Crippen LogP contribution >= 0.6 is 0 Å². The summed E-state index contributed by atoms with van der Waals surface area (Å²) in [6, 6.07) is 47.5. The average Bonchev–Trinajstić information content (AvgIpc) is 3.05. The molecule has 0 spiro atoms. The van der Waals surface area contributed by atoms with Crippen LogP contribution in [-0.4, -0.2) is 9.97 Å². The molecular weight excluding hydrogens is 500 g/mol. The molecular formula is C38H24N2O. The Morgan fingerprint density at radius 2 is 1.12 bits per heavy atom. The fourth-order valence-corrected chi connectivity index (χ4v) is 5.60. The first-order valence-electron chi connectivity index (χ1n) is 14.2. The Hall–Kier alpha value is -5.54. The summed E-state index contributed by atoms with van der Waals surface area (Å²) >= 11 is 0. The van der Waals surface area contributed by atoms with Crippen molar-refractivity contribution in [1.82, 2.24) is 9.97 Å². The lowest BCUT2D eigenvalue weighted by molar-refractivity contribution is 0.487. The predicted molar refractivity (Wildman–Crippen MR) is 167 cm³/mol. The molecule has 0 N–H and O–H groups in total. The van der Waals surface area contributed by atoms with Crippen LogP contribution in [0.25, 0.3) is 66.9 Å². The zero-order valence-electron chi connectivity index (χ0n) is 23.1. The van der Waals surface area contributed by atoms with Crippen LogP contribution in [-0.2, 0) is 0 Å². The molecule has 192 valence electrons. The highest BCUT2D eigenvalue weighted by Gasteiger charge is 2.21. The maximum Gasteiger partial charge on any atom is 0.160 e. The third-order valence-corrected chi connectivity index (χ3v) is 7.64. The fourth-order valence-electron chi connectivity index (χ4n) is 5.60.